The van der Waals surface area contributed by atoms with Gasteiger partial charge in [-0.2, -0.15) is 5.10 Å². The van der Waals surface area contributed by atoms with Gasteiger partial charge in [0.1, 0.15) is 5.76 Å². The summed E-state index contributed by atoms with van der Waals surface area (Å²) in [5, 5.41) is 12.6. The number of para-hydroxylation sites is 2. The first-order valence-electron chi connectivity index (χ1n) is 7.34. The van der Waals surface area contributed by atoms with Gasteiger partial charge in [0.15, 0.2) is 0 Å². The van der Waals surface area contributed by atoms with Gasteiger partial charge in [-0.1, -0.05) is 36.4 Å². The first-order valence-corrected chi connectivity index (χ1v) is 9.05. The topological polar surface area (TPSA) is 78.7 Å². The maximum atomic E-state index is 13.2. The minimum absolute atomic E-state index is 0.563. The third-order valence-corrected chi connectivity index (χ3v) is 4.60. The molecule has 7 heteroatoms. The number of rotatable bonds is 7. The molecule has 0 fully saturated rings. The largest absolute Gasteiger partial charge is 0.463 e. The van der Waals surface area contributed by atoms with Crippen LogP contribution in [-0.2, 0) is 4.57 Å². The molecule has 0 aliphatic carbocycles. The second-order valence-electron chi connectivity index (χ2n) is 4.94. The van der Waals surface area contributed by atoms with Crippen molar-refractivity contribution in [3.8, 4) is 0 Å². The van der Waals surface area contributed by atoms with Crippen LogP contribution >= 0.6 is 7.59 Å². The highest BCUT2D eigenvalue weighted by Crippen LogP contribution is 2.41. The molecule has 3 aromatic rings. The third-order valence-electron chi connectivity index (χ3n) is 3.05. The van der Waals surface area contributed by atoms with Gasteiger partial charge < -0.3 is 14.6 Å². The van der Waals surface area contributed by atoms with Crippen molar-refractivity contribution in [3.63, 3.8) is 0 Å². The summed E-state index contributed by atoms with van der Waals surface area (Å²) in [5.41, 5.74) is 1.43. The summed E-state index contributed by atoms with van der Waals surface area (Å²) < 4.78 is 18.4. The van der Waals surface area contributed by atoms with Gasteiger partial charge in [0, 0.05) is 11.4 Å². The molecule has 0 aliphatic heterocycles. The zero-order chi connectivity index (χ0) is 16.7. The molecule has 122 valence electrons. The van der Waals surface area contributed by atoms with E-state index in [2.05, 4.69) is 20.5 Å². The van der Waals surface area contributed by atoms with Crippen LogP contribution in [-0.4, -0.2) is 6.21 Å². The van der Waals surface area contributed by atoms with Crippen LogP contribution in [0.25, 0.3) is 0 Å². The molecule has 2 aromatic carbocycles. The number of nitrogens with zero attached hydrogens (tertiary/aromatic N) is 1. The Kier molecular flexibility index (Phi) is 4.99. The zero-order valence-electron chi connectivity index (χ0n) is 12.8. The maximum Gasteiger partial charge on any atom is 0.368 e. The number of benzene rings is 2. The Labute approximate surface area is 140 Å². The monoisotopic (exact) mass is 340 g/mol. The predicted octanol–water partition coefficient (Wildman–Crippen LogP) is 4.54. The minimum Gasteiger partial charge on any atom is -0.463 e. The van der Waals surface area contributed by atoms with E-state index >= 15 is 0 Å². The van der Waals surface area contributed by atoms with Crippen LogP contribution in [0.4, 0.5) is 11.4 Å². The van der Waals surface area contributed by atoms with E-state index in [0.29, 0.717) is 17.1 Å². The molecule has 1 aromatic heterocycles. The van der Waals surface area contributed by atoms with Crippen LogP contribution in [0.2, 0.25) is 0 Å². The van der Waals surface area contributed by atoms with E-state index in [1.807, 2.05) is 60.7 Å². The Morgan fingerprint density at radius 2 is 1.42 bits per heavy atom. The first-order chi connectivity index (χ1) is 11.7. The maximum absolute atomic E-state index is 13.2. The van der Waals surface area contributed by atoms with Crippen LogP contribution < -0.4 is 15.4 Å². The summed E-state index contributed by atoms with van der Waals surface area (Å²) in [4.78, 5) is 0. The minimum atomic E-state index is -3.27. The number of hydrogen-bond acceptors (Lipinski definition) is 3. The molecular formula is C17H17N4O2P. The normalized spacial score (nSPS) is 11.3. The van der Waals surface area contributed by atoms with Crippen molar-refractivity contribution >= 4 is 25.2 Å². The van der Waals surface area contributed by atoms with Gasteiger partial charge >= 0.3 is 7.59 Å². The first kappa shape index (κ1) is 15.9. The lowest BCUT2D eigenvalue weighted by Gasteiger charge is -2.21. The fourth-order valence-electron chi connectivity index (χ4n) is 2.01. The summed E-state index contributed by atoms with van der Waals surface area (Å²) in [6.45, 7) is 0. The van der Waals surface area contributed by atoms with Crippen LogP contribution in [0, 0.1) is 0 Å². The highest BCUT2D eigenvalue weighted by atomic mass is 31.2. The van der Waals surface area contributed by atoms with Crippen LogP contribution in [0.5, 0.6) is 0 Å². The van der Waals surface area contributed by atoms with Crippen LogP contribution in [0.1, 0.15) is 5.76 Å². The quantitative estimate of drug-likeness (QED) is 0.334. The van der Waals surface area contributed by atoms with Crippen molar-refractivity contribution in [3.05, 3.63) is 84.8 Å². The molecule has 0 radical (unpaired) electrons. The van der Waals surface area contributed by atoms with E-state index in [4.69, 9.17) is 4.42 Å². The van der Waals surface area contributed by atoms with E-state index in [1.165, 1.54) is 6.21 Å². The predicted molar refractivity (Wildman–Crippen MR) is 97.2 cm³/mol. The molecule has 1 heterocycles. The lowest BCUT2D eigenvalue weighted by molar-refractivity contribution is 0.559. The summed E-state index contributed by atoms with van der Waals surface area (Å²) in [6, 6.07) is 22.1. The molecule has 6 nitrogen and oxygen atoms in total. The van der Waals surface area contributed by atoms with Crippen molar-refractivity contribution in [2.75, 3.05) is 10.2 Å². The molecule has 0 amide bonds. The number of anilines is 2. The summed E-state index contributed by atoms with van der Waals surface area (Å²) in [5.74, 6) is 0.563. The average molecular weight is 340 g/mol. The van der Waals surface area contributed by atoms with Gasteiger partial charge in [-0.25, -0.2) is 9.76 Å². The average Bonchev–Trinajstić information content (AvgIpc) is 3.10. The summed E-state index contributed by atoms with van der Waals surface area (Å²) in [6.07, 6.45) is 3.01. The van der Waals surface area contributed by atoms with Gasteiger partial charge in [0.25, 0.3) is 0 Å². The molecule has 0 saturated heterocycles. The lowest BCUT2D eigenvalue weighted by Crippen LogP contribution is -2.17. The lowest BCUT2D eigenvalue weighted by atomic mass is 10.3. The van der Waals surface area contributed by atoms with Gasteiger partial charge in [0.2, 0.25) is 0 Å². The number of hydrazone groups is 1. The second-order valence-corrected chi connectivity index (χ2v) is 6.80. The molecule has 0 bridgehead atoms. The Bertz CT molecular complexity index is 775. The Morgan fingerprint density at radius 1 is 0.833 bits per heavy atom. The van der Waals surface area contributed by atoms with E-state index < -0.39 is 7.59 Å². The summed E-state index contributed by atoms with van der Waals surface area (Å²) in [7, 11) is -3.27. The van der Waals surface area contributed by atoms with E-state index in [0.717, 1.165) is 0 Å². The van der Waals surface area contributed by atoms with Crippen molar-refractivity contribution in [1.82, 2.24) is 5.20 Å². The Hall–Kier alpha value is -2.98. The molecule has 3 N–H and O–H groups in total. The van der Waals surface area contributed by atoms with Crippen molar-refractivity contribution in [2.24, 2.45) is 5.10 Å². The smallest absolute Gasteiger partial charge is 0.368 e. The molecule has 24 heavy (non-hydrogen) atoms. The van der Waals surface area contributed by atoms with Crippen molar-refractivity contribution in [1.29, 1.82) is 0 Å². The molecule has 0 unspecified atom stereocenters. The molecule has 0 atom stereocenters. The van der Waals surface area contributed by atoms with Crippen molar-refractivity contribution in [2.45, 2.75) is 0 Å². The van der Waals surface area contributed by atoms with E-state index in [-0.39, 0.29) is 0 Å². The highest BCUT2D eigenvalue weighted by molar-refractivity contribution is 7.64. The standard InChI is InChI=1S/C17H17N4O2P/c22-24(19-15-8-3-1-4-9-15,20-16-10-5-2-6-11-16)21-18-14-17-12-7-13-23-17/h1-14H,(H3,19,20,21,22)/b18-14-. The second kappa shape index (κ2) is 7.53. The van der Waals surface area contributed by atoms with Crippen molar-refractivity contribution < 1.29 is 8.98 Å². The van der Waals surface area contributed by atoms with E-state index in [9.17, 15) is 4.57 Å². The zero-order valence-corrected chi connectivity index (χ0v) is 13.7. The molecule has 0 spiro atoms. The number of hydrogen-bond donors (Lipinski definition) is 3. The number of furan rings is 1. The highest BCUT2D eigenvalue weighted by Gasteiger charge is 2.21. The molecule has 0 saturated carbocycles. The third kappa shape index (κ3) is 4.51. The van der Waals surface area contributed by atoms with Gasteiger partial charge in [-0.05, 0) is 36.4 Å². The van der Waals surface area contributed by atoms with E-state index in [1.54, 1.807) is 18.4 Å². The summed E-state index contributed by atoms with van der Waals surface area (Å²) >= 11 is 0. The Morgan fingerprint density at radius 3 is 1.92 bits per heavy atom. The Balaban J connectivity index is 1.78. The van der Waals surface area contributed by atoms with Gasteiger partial charge in [-0.15, -0.1) is 0 Å². The fraction of sp³-hybridized carbons (Fsp3) is 0. The van der Waals surface area contributed by atoms with Crippen LogP contribution in [0.15, 0.2) is 88.6 Å². The molecule has 0 aliphatic rings. The molecule has 3 rings (SSSR count). The molecular weight excluding hydrogens is 323 g/mol. The van der Waals surface area contributed by atoms with Crippen LogP contribution in [0.3, 0.4) is 0 Å². The van der Waals surface area contributed by atoms with Gasteiger partial charge in [0.05, 0.1) is 12.5 Å². The SMILES string of the molecule is O=P(N/N=C\c1ccco1)(Nc1ccccc1)Nc1ccccc1. The van der Waals surface area contributed by atoms with Gasteiger partial charge in [-0.3, -0.25) is 0 Å². The fourth-order valence-corrected chi connectivity index (χ4v) is 3.41. The number of nitrogens with one attached hydrogen (secondary N) is 3.